The normalized spacial score (nSPS) is 11.2. The minimum absolute atomic E-state index is 0.0948. The van der Waals surface area contributed by atoms with Crippen molar-refractivity contribution in [2.75, 3.05) is 11.9 Å². The van der Waals surface area contributed by atoms with Gasteiger partial charge in [0, 0.05) is 28.6 Å². The minimum Gasteiger partial charge on any atom is -0.394 e. The average molecular weight is 583 g/mol. The van der Waals surface area contributed by atoms with Gasteiger partial charge in [-0.3, -0.25) is 14.2 Å². The van der Waals surface area contributed by atoms with Crippen LogP contribution in [0.25, 0.3) is 27.4 Å². The molecule has 0 amide bonds. The molecule has 6 aromatic rings. The fourth-order valence-electron chi connectivity index (χ4n) is 4.69. The summed E-state index contributed by atoms with van der Waals surface area (Å²) < 4.78 is 17.7. The van der Waals surface area contributed by atoms with E-state index in [9.17, 15) is 24.3 Å². The summed E-state index contributed by atoms with van der Waals surface area (Å²) in [5.41, 5.74) is -0.208. The lowest BCUT2D eigenvalue weighted by Gasteiger charge is -2.17. The highest BCUT2D eigenvalue weighted by atomic mass is 35.5. The molecule has 0 bridgehead atoms. The molecule has 42 heavy (non-hydrogen) atoms. The molecule has 0 radical (unpaired) electrons. The second kappa shape index (κ2) is 10.9. The van der Waals surface area contributed by atoms with Gasteiger partial charge in [-0.15, -0.1) is 0 Å². The Bertz CT molecular complexity index is 2160. The van der Waals surface area contributed by atoms with Crippen LogP contribution in [0, 0.1) is 17.1 Å². The molecule has 208 valence electrons. The van der Waals surface area contributed by atoms with Crippen molar-refractivity contribution in [3.05, 3.63) is 116 Å². The number of aromatic nitrogens is 6. The fourth-order valence-corrected chi connectivity index (χ4v) is 4.89. The van der Waals surface area contributed by atoms with E-state index in [4.69, 9.17) is 11.6 Å². The maximum atomic E-state index is 14.1. The Kier molecular flexibility index (Phi) is 6.95. The highest BCUT2D eigenvalue weighted by molar-refractivity contribution is 6.34. The molecule has 3 aromatic heterocycles. The van der Waals surface area contributed by atoms with E-state index in [0.717, 1.165) is 10.6 Å². The van der Waals surface area contributed by atoms with Crippen LogP contribution in [0.15, 0.2) is 82.8 Å². The molecular weight excluding hydrogens is 563 g/mol. The van der Waals surface area contributed by atoms with Crippen molar-refractivity contribution in [1.82, 2.24) is 28.9 Å². The summed E-state index contributed by atoms with van der Waals surface area (Å²) in [6, 6.07) is 16.2. The summed E-state index contributed by atoms with van der Waals surface area (Å²) in [6.45, 7) is 0.0398. The molecule has 0 aliphatic rings. The van der Waals surface area contributed by atoms with Crippen LogP contribution < -0.4 is 16.7 Å². The Morgan fingerprint density at radius 2 is 1.90 bits per heavy atom. The molecule has 0 atom stereocenters. The molecule has 0 fully saturated rings. The van der Waals surface area contributed by atoms with E-state index in [1.54, 1.807) is 47.4 Å². The summed E-state index contributed by atoms with van der Waals surface area (Å²) in [7, 11) is 0. The Hall–Kier alpha value is -5.38. The maximum Gasteiger partial charge on any atom is 0.359 e. The van der Waals surface area contributed by atoms with Gasteiger partial charge in [-0.1, -0.05) is 41.9 Å². The van der Waals surface area contributed by atoms with Crippen LogP contribution in [0.5, 0.6) is 0 Å². The lowest BCUT2D eigenvalue weighted by molar-refractivity contribution is 0.270. The number of anilines is 2. The first-order chi connectivity index (χ1) is 20.4. The molecule has 6 rings (SSSR count). The Morgan fingerprint density at radius 3 is 2.71 bits per heavy atom. The zero-order valence-corrected chi connectivity index (χ0v) is 22.5. The Balaban J connectivity index is 1.53. The van der Waals surface area contributed by atoms with Gasteiger partial charge in [0.1, 0.15) is 11.9 Å². The highest BCUT2D eigenvalue weighted by Crippen LogP contribution is 2.29. The van der Waals surface area contributed by atoms with Gasteiger partial charge in [0.15, 0.2) is 0 Å². The summed E-state index contributed by atoms with van der Waals surface area (Å²) in [5, 5.41) is 28.2. The van der Waals surface area contributed by atoms with Crippen LogP contribution in [0.1, 0.15) is 11.1 Å². The van der Waals surface area contributed by atoms with Crippen LogP contribution in [-0.4, -0.2) is 40.6 Å². The van der Waals surface area contributed by atoms with Gasteiger partial charge in [0.25, 0.3) is 0 Å². The predicted octanol–water partition coefficient (Wildman–Crippen LogP) is 3.74. The second-order valence-corrected chi connectivity index (χ2v) is 9.77. The summed E-state index contributed by atoms with van der Waals surface area (Å²) in [4.78, 5) is 35.9. The zero-order valence-electron chi connectivity index (χ0n) is 21.7. The van der Waals surface area contributed by atoms with E-state index < -0.39 is 17.2 Å². The molecular formula is C29H20ClFN8O3. The quantitative estimate of drug-likeness (QED) is 0.290. The average Bonchev–Trinajstić information content (AvgIpc) is 3.37. The van der Waals surface area contributed by atoms with Gasteiger partial charge in [-0.25, -0.2) is 18.5 Å². The Morgan fingerprint density at radius 1 is 1.07 bits per heavy atom. The number of pyridine rings is 1. The maximum absolute atomic E-state index is 14.1. The molecule has 0 spiro atoms. The van der Waals surface area contributed by atoms with Gasteiger partial charge >= 0.3 is 11.4 Å². The standard InChI is InChI=1S/C29H20ClFN8O3/c30-22-11-24-20(16-37(36-24)7-8-40)10-25(22)34-27-35-28(41)39(26-14-33-13-18-3-1-2-4-21(18)26)29(42)38(27)15-17-5-6-23(31)19(9-17)12-32/h1-6,9-11,13-14,16,40H,7-8,15H2,(H,34,35,41). The summed E-state index contributed by atoms with van der Waals surface area (Å²) in [6.07, 6.45) is 4.75. The van der Waals surface area contributed by atoms with Gasteiger partial charge in [-0.2, -0.15) is 15.3 Å². The third-order valence-electron chi connectivity index (χ3n) is 6.67. The first kappa shape index (κ1) is 26.8. The second-order valence-electron chi connectivity index (χ2n) is 9.36. The van der Waals surface area contributed by atoms with Gasteiger partial charge in [0.2, 0.25) is 5.95 Å². The van der Waals surface area contributed by atoms with Crippen LogP contribution in [0.4, 0.5) is 16.0 Å². The summed E-state index contributed by atoms with van der Waals surface area (Å²) in [5.74, 6) is -0.819. The van der Waals surface area contributed by atoms with Crippen molar-refractivity contribution in [2.45, 2.75) is 13.1 Å². The number of nitriles is 1. The van der Waals surface area contributed by atoms with E-state index >= 15 is 0 Å². The molecule has 0 saturated carbocycles. The third-order valence-corrected chi connectivity index (χ3v) is 6.98. The lowest BCUT2D eigenvalue weighted by atomic mass is 10.1. The number of halogens is 2. The van der Waals surface area contributed by atoms with Crippen molar-refractivity contribution in [1.29, 1.82) is 5.26 Å². The SMILES string of the molecule is N#Cc1cc(Cn2c(Nc3cc4cn(CCO)nc4cc3Cl)nc(=O)n(-c3cncc4ccccc34)c2=O)ccc1F. The van der Waals surface area contributed by atoms with Crippen LogP contribution >= 0.6 is 11.6 Å². The van der Waals surface area contributed by atoms with Crippen molar-refractivity contribution in [3.63, 3.8) is 0 Å². The predicted molar refractivity (Wildman–Crippen MR) is 155 cm³/mol. The number of aliphatic hydroxyl groups is 1. The van der Waals surface area contributed by atoms with E-state index in [1.165, 1.54) is 22.9 Å². The van der Waals surface area contributed by atoms with Gasteiger partial charge < -0.3 is 10.4 Å². The molecule has 0 aliphatic heterocycles. The smallest absolute Gasteiger partial charge is 0.359 e. The van der Waals surface area contributed by atoms with Crippen molar-refractivity contribution in [2.24, 2.45) is 0 Å². The van der Waals surface area contributed by atoms with Crippen LogP contribution in [0.3, 0.4) is 0 Å². The highest BCUT2D eigenvalue weighted by Gasteiger charge is 2.19. The molecule has 0 aliphatic carbocycles. The first-order valence-electron chi connectivity index (χ1n) is 12.7. The van der Waals surface area contributed by atoms with E-state index in [1.807, 2.05) is 12.1 Å². The number of hydrogen-bond donors (Lipinski definition) is 2. The molecule has 13 heteroatoms. The van der Waals surface area contributed by atoms with E-state index in [0.29, 0.717) is 39.5 Å². The van der Waals surface area contributed by atoms with Crippen molar-refractivity contribution >= 4 is 44.9 Å². The lowest BCUT2D eigenvalue weighted by Crippen LogP contribution is -2.42. The fraction of sp³-hybridized carbons (Fsp3) is 0.103. The number of fused-ring (bicyclic) bond motifs is 2. The topological polar surface area (TPSA) is 144 Å². The molecule has 3 aromatic carbocycles. The number of rotatable bonds is 7. The summed E-state index contributed by atoms with van der Waals surface area (Å²) >= 11 is 6.54. The molecule has 0 unspecified atom stereocenters. The van der Waals surface area contributed by atoms with Crippen molar-refractivity contribution < 1.29 is 9.50 Å². The van der Waals surface area contributed by atoms with Gasteiger partial charge in [0.05, 0.1) is 53.4 Å². The van der Waals surface area contributed by atoms with E-state index in [2.05, 4.69) is 20.4 Å². The van der Waals surface area contributed by atoms with Crippen LogP contribution in [0.2, 0.25) is 5.02 Å². The monoisotopic (exact) mass is 582 g/mol. The largest absolute Gasteiger partial charge is 0.394 e. The van der Waals surface area contributed by atoms with Gasteiger partial charge in [-0.05, 0) is 29.8 Å². The third kappa shape index (κ3) is 4.87. The van der Waals surface area contributed by atoms with E-state index in [-0.39, 0.29) is 35.4 Å². The number of benzene rings is 3. The molecule has 3 heterocycles. The number of nitrogens with zero attached hydrogens (tertiary/aromatic N) is 7. The molecule has 11 nitrogen and oxygen atoms in total. The first-order valence-corrected chi connectivity index (χ1v) is 13.0. The molecule has 0 saturated heterocycles. The van der Waals surface area contributed by atoms with Crippen molar-refractivity contribution in [3.8, 4) is 11.8 Å². The zero-order chi connectivity index (χ0) is 29.4. The number of nitrogens with one attached hydrogen (secondary N) is 1. The molecule has 2 N–H and O–H groups in total. The Labute approximate surface area is 241 Å². The number of hydrogen-bond acceptors (Lipinski definition) is 8. The van der Waals surface area contributed by atoms with Crippen LogP contribution in [-0.2, 0) is 13.1 Å². The minimum atomic E-state index is -0.860. The number of aliphatic hydroxyl groups excluding tert-OH is 1.